The molecule has 1 aliphatic rings. The lowest BCUT2D eigenvalue weighted by atomic mass is 9.96. The minimum Gasteiger partial charge on any atom is -0.493 e. The number of nitrogens with zero attached hydrogens (tertiary/aromatic N) is 3. The Bertz CT molecular complexity index is 615. The number of para-hydroxylation sites is 1. The molecule has 5 nitrogen and oxygen atoms in total. The predicted molar refractivity (Wildman–Crippen MR) is 76.6 cm³/mol. The van der Waals surface area contributed by atoms with Gasteiger partial charge in [0.2, 0.25) is 5.95 Å². The maximum Gasteiger partial charge on any atom is 0.223 e. The van der Waals surface area contributed by atoms with Crippen molar-refractivity contribution in [1.82, 2.24) is 15.0 Å². The molecular weight excluding hydrogens is 252 g/mol. The minimum atomic E-state index is 0.144. The molecule has 0 bridgehead atoms. The molecule has 1 aliphatic heterocycles. The van der Waals surface area contributed by atoms with Crippen LogP contribution >= 0.6 is 0 Å². The normalized spacial score (nSPS) is 17.4. The smallest absolute Gasteiger partial charge is 0.223 e. The molecule has 0 fully saturated rings. The van der Waals surface area contributed by atoms with Gasteiger partial charge in [0.05, 0.1) is 12.5 Å². The number of anilines is 1. The highest BCUT2D eigenvalue weighted by atomic mass is 16.5. The summed E-state index contributed by atoms with van der Waals surface area (Å²) in [7, 11) is 0. The van der Waals surface area contributed by atoms with E-state index in [0.717, 1.165) is 36.7 Å². The Morgan fingerprint density at radius 1 is 1.25 bits per heavy atom. The molecule has 1 aromatic carbocycles. The van der Waals surface area contributed by atoms with Gasteiger partial charge in [-0.3, -0.25) is 0 Å². The number of nitrogen functional groups attached to an aromatic ring is 1. The first-order valence-electron chi connectivity index (χ1n) is 6.97. The highest BCUT2D eigenvalue weighted by Gasteiger charge is 2.24. The van der Waals surface area contributed by atoms with Gasteiger partial charge in [0.15, 0.2) is 0 Å². The molecular formula is C15H18N4O. The standard InChI is InChI=1S/C15H18N4O/c1-2-5-13-17-14(19-15(16)18-13)11-8-10-6-3-4-7-12(10)20-9-11/h3-4,6-7,11H,2,5,8-9H2,1H3,(H2,16,17,18,19). The summed E-state index contributed by atoms with van der Waals surface area (Å²) in [5.41, 5.74) is 6.98. The first kappa shape index (κ1) is 12.8. The number of benzene rings is 1. The van der Waals surface area contributed by atoms with Crippen LogP contribution in [0.2, 0.25) is 0 Å². The quantitative estimate of drug-likeness (QED) is 0.924. The van der Waals surface area contributed by atoms with Gasteiger partial charge in [-0.15, -0.1) is 0 Å². The maximum atomic E-state index is 5.79. The van der Waals surface area contributed by atoms with E-state index in [0.29, 0.717) is 12.6 Å². The molecule has 20 heavy (non-hydrogen) atoms. The van der Waals surface area contributed by atoms with Gasteiger partial charge in [-0.2, -0.15) is 9.97 Å². The lowest BCUT2D eigenvalue weighted by Crippen LogP contribution is -2.22. The Morgan fingerprint density at radius 3 is 2.95 bits per heavy atom. The Balaban J connectivity index is 1.87. The van der Waals surface area contributed by atoms with Crippen molar-refractivity contribution in [3.8, 4) is 5.75 Å². The van der Waals surface area contributed by atoms with E-state index < -0.39 is 0 Å². The van der Waals surface area contributed by atoms with E-state index in [1.54, 1.807) is 0 Å². The summed E-state index contributed by atoms with van der Waals surface area (Å²) in [4.78, 5) is 13.0. The molecule has 2 heterocycles. The van der Waals surface area contributed by atoms with Crippen LogP contribution in [-0.4, -0.2) is 21.6 Å². The van der Waals surface area contributed by atoms with Gasteiger partial charge in [-0.25, -0.2) is 4.98 Å². The van der Waals surface area contributed by atoms with Crippen LogP contribution in [0.25, 0.3) is 0 Å². The fraction of sp³-hybridized carbons (Fsp3) is 0.400. The number of hydrogen-bond donors (Lipinski definition) is 1. The van der Waals surface area contributed by atoms with Crippen LogP contribution in [0.1, 0.15) is 36.5 Å². The Labute approximate surface area is 118 Å². The first-order chi connectivity index (χ1) is 9.76. The van der Waals surface area contributed by atoms with Crippen LogP contribution in [0.3, 0.4) is 0 Å². The number of nitrogens with two attached hydrogens (primary N) is 1. The van der Waals surface area contributed by atoms with Crippen LogP contribution < -0.4 is 10.5 Å². The highest BCUT2D eigenvalue weighted by molar-refractivity contribution is 5.36. The van der Waals surface area contributed by atoms with Crippen molar-refractivity contribution in [2.75, 3.05) is 12.3 Å². The zero-order chi connectivity index (χ0) is 13.9. The Hall–Kier alpha value is -2.17. The third-order valence-electron chi connectivity index (χ3n) is 3.43. The van der Waals surface area contributed by atoms with Gasteiger partial charge in [-0.1, -0.05) is 25.1 Å². The van der Waals surface area contributed by atoms with Crippen molar-refractivity contribution < 1.29 is 4.74 Å². The van der Waals surface area contributed by atoms with E-state index in [4.69, 9.17) is 10.5 Å². The number of fused-ring (bicyclic) bond motifs is 1. The summed E-state index contributed by atoms with van der Waals surface area (Å²) in [6.07, 6.45) is 2.70. The van der Waals surface area contributed by atoms with Crippen LogP contribution in [0.15, 0.2) is 24.3 Å². The lowest BCUT2D eigenvalue weighted by Gasteiger charge is -2.24. The summed E-state index contributed by atoms with van der Waals surface area (Å²) in [5, 5.41) is 0. The predicted octanol–water partition coefficient (Wildman–Crippen LogP) is 2.12. The fourth-order valence-corrected chi connectivity index (χ4v) is 2.47. The van der Waals surface area contributed by atoms with E-state index in [2.05, 4.69) is 27.9 Å². The zero-order valence-electron chi connectivity index (χ0n) is 11.5. The van der Waals surface area contributed by atoms with Gasteiger partial charge in [0.25, 0.3) is 0 Å². The first-order valence-corrected chi connectivity index (χ1v) is 6.97. The van der Waals surface area contributed by atoms with Gasteiger partial charge < -0.3 is 10.5 Å². The van der Waals surface area contributed by atoms with Crippen molar-refractivity contribution in [1.29, 1.82) is 0 Å². The summed E-state index contributed by atoms with van der Waals surface area (Å²) < 4.78 is 5.79. The second-order valence-electron chi connectivity index (χ2n) is 5.04. The topological polar surface area (TPSA) is 73.9 Å². The molecule has 1 unspecified atom stereocenters. The van der Waals surface area contributed by atoms with Crippen LogP contribution in [0, 0.1) is 0 Å². The number of hydrogen-bond acceptors (Lipinski definition) is 5. The molecule has 0 saturated heterocycles. The Morgan fingerprint density at radius 2 is 2.10 bits per heavy atom. The molecule has 5 heteroatoms. The van der Waals surface area contributed by atoms with E-state index in [1.807, 2.05) is 18.2 Å². The number of ether oxygens (including phenoxy) is 1. The third kappa shape index (κ3) is 2.57. The highest BCUT2D eigenvalue weighted by Crippen LogP contribution is 2.30. The number of aromatic nitrogens is 3. The SMILES string of the molecule is CCCc1nc(N)nc(C2COc3ccccc3C2)n1. The second-order valence-corrected chi connectivity index (χ2v) is 5.04. The summed E-state index contributed by atoms with van der Waals surface area (Å²) in [6, 6.07) is 8.09. The van der Waals surface area contributed by atoms with Crippen molar-refractivity contribution >= 4 is 5.95 Å². The molecule has 0 amide bonds. The van der Waals surface area contributed by atoms with Gasteiger partial charge in [0.1, 0.15) is 17.4 Å². The maximum absolute atomic E-state index is 5.79. The van der Waals surface area contributed by atoms with E-state index in [9.17, 15) is 0 Å². The molecule has 2 aromatic rings. The van der Waals surface area contributed by atoms with Gasteiger partial charge >= 0.3 is 0 Å². The molecule has 104 valence electrons. The van der Waals surface area contributed by atoms with Crippen molar-refractivity contribution in [3.63, 3.8) is 0 Å². The van der Waals surface area contributed by atoms with Gasteiger partial charge in [-0.05, 0) is 24.5 Å². The van der Waals surface area contributed by atoms with E-state index >= 15 is 0 Å². The average Bonchev–Trinajstić information content (AvgIpc) is 2.46. The van der Waals surface area contributed by atoms with Gasteiger partial charge in [0, 0.05) is 6.42 Å². The van der Waals surface area contributed by atoms with E-state index in [1.165, 1.54) is 5.56 Å². The molecule has 2 N–H and O–H groups in total. The van der Waals surface area contributed by atoms with Crippen LogP contribution in [-0.2, 0) is 12.8 Å². The molecule has 0 radical (unpaired) electrons. The molecule has 0 aliphatic carbocycles. The monoisotopic (exact) mass is 270 g/mol. The molecule has 0 saturated carbocycles. The lowest BCUT2D eigenvalue weighted by molar-refractivity contribution is 0.257. The fourth-order valence-electron chi connectivity index (χ4n) is 2.47. The Kier molecular flexibility index (Phi) is 3.50. The average molecular weight is 270 g/mol. The zero-order valence-corrected chi connectivity index (χ0v) is 11.5. The molecule has 1 aromatic heterocycles. The van der Waals surface area contributed by atoms with Crippen LogP contribution in [0.4, 0.5) is 5.95 Å². The summed E-state index contributed by atoms with van der Waals surface area (Å²) in [5.74, 6) is 2.92. The van der Waals surface area contributed by atoms with Crippen molar-refractivity contribution in [2.45, 2.75) is 32.1 Å². The number of rotatable bonds is 3. The molecule has 1 atom stereocenters. The largest absolute Gasteiger partial charge is 0.493 e. The summed E-state index contributed by atoms with van der Waals surface area (Å²) >= 11 is 0. The molecule has 3 rings (SSSR count). The minimum absolute atomic E-state index is 0.144. The third-order valence-corrected chi connectivity index (χ3v) is 3.43. The van der Waals surface area contributed by atoms with Crippen molar-refractivity contribution in [3.05, 3.63) is 41.5 Å². The van der Waals surface area contributed by atoms with E-state index in [-0.39, 0.29) is 5.92 Å². The van der Waals surface area contributed by atoms with Crippen molar-refractivity contribution in [2.24, 2.45) is 0 Å². The van der Waals surface area contributed by atoms with Crippen LogP contribution in [0.5, 0.6) is 5.75 Å². The molecule has 0 spiro atoms. The second kappa shape index (κ2) is 5.45. The number of aryl methyl sites for hydroxylation is 1. The summed E-state index contributed by atoms with van der Waals surface area (Å²) in [6.45, 7) is 2.69.